The summed E-state index contributed by atoms with van der Waals surface area (Å²) in [6.07, 6.45) is -4.02. The van der Waals surface area contributed by atoms with Crippen LogP contribution in [0.3, 0.4) is 0 Å². The number of carbonyl (C=O) groups excluding carboxylic acids is 2. The molecule has 1 N–H and O–H groups in total. The number of nitrogens with zero attached hydrogens (tertiary/aromatic N) is 1. The van der Waals surface area contributed by atoms with Gasteiger partial charge in [-0.1, -0.05) is 30.3 Å². The summed E-state index contributed by atoms with van der Waals surface area (Å²) < 4.78 is 39.7. The van der Waals surface area contributed by atoms with Gasteiger partial charge in [-0.15, -0.1) is 0 Å². The molecule has 0 unspecified atom stereocenters. The quantitative estimate of drug-likeness (QED) is 0.915. The van der Waals surface area contributed by atoms with Gasteiger partial charge < -0.3 is 10.2 Å². The summed E-state index contributed by atoms with van der Waals surface area (Å²) in [6, 6.07) is 6.97. The topological polar surface area (TPSA) is 49.4 Å². The van der Waals surface area contributed by atoms with E-state index >= 15 is 0 Å². The smallest absolute Gasteiger partial charge is 0.352 e. The second kappa shape index (κ2) is 7.68. The van der Waals surface area contributed by atoms with Crippen LogP contribution in [0.2, 0.25) is 0 Å². The van der Waals surface area contributed by atoms with Crippen molar-refractivity contribution < 1.29 is 22.8 Å². The zero-order valence-corrected chi connectivity index (χ0v) is 13.5. The molecule has 2 amide bonds. The summed E-state index contributed by atoms with van der Waals surface area (Å²) >= 11 is 0. The van der Waals surface area contributed by atoms with Crippen molar-refractivity contribution in [2.24, 2.45) is 0 Å². The van der Waals surface area contributed by atoms with Gasteiger partial charge in [-0.2, -0.15) is 13.2 Å². The molecule has 7 heteroatoms. The lowest BCUT2D eigenvalue weighted by Crippen LogP contribution is -2.58. The first-order chi connectivity index (χ1) is 11.3. The minimum absolute atomic E-state index is 0.0172. The van der Waals surface area contributed by atoms with Gasteiger partial charge in [0.25, 0.3) is 0 Å². The van der Waals surface area contributed by atoms with Gasteiger partial charge in [-0.25, -0.2) is 0 Å². The fraction of sp³-hybridized carbons (Fsp3) is 0.529. The molecule has 0 radical (unpaired) electrons. The lowest BCUT2D eigenvalue weighted by atomic mass is 9.96. The summed E-state index contributed by atoms with van der Waals surface area (Å²) in [7, 11) is 0. The number of amides is 2. The second-order valence-corrected chi connectivity index (χ2v) is 6.06. The van der Waals surface area contributed by atoms with E-state index in [0.717, 1.165) is 10.5 Å². The van der Waals surface area contributed by atoms with Crippen LogP contribution in [-0.2, 0) is 16.0 Å². The molecule has 1 aliphatic rings. The zero-order chi connectivity index (χ0) is 17.7. The maximum atomic E-state index is 13.2. The molecular weight excluding hydrogens is 321 g/mol. The van der Waals surface area contributed by atoms with Crippen molar-refractivity contribution in [1.29, 1.82) is 0 Å². The Hall–Kier alpha value is -2.05. The highest BCUT2D eigenvalue weighted by atomic mass is 19.4. The number of hydrogen-bond acceptors (Lipinski definition) is 2. The number of alkyl halides is 3. The molecule has 1 saturated heterocycles. The number of halogens is 3. The Morgan fingerprint density at radius 2 is 1.88 bits per heavy atom. The van der Waals surface area contributed by atoms with Gasteiger partial charge in [-0.05, 0) is 24.8 Å². The van der Waals surface area contributed by atoms with Crippen LogP contribution in [0.25, 0.3) is 0 Å². The van der Waals surface area contributed by atoms with Crippen LogP contribution in [0.1, 0.15) is 31.7 Å². The summed E-state index contributed by atoms with van der Waals surface area (Å²) in [5.74, 6) is -0.835. The van der Waals surface area contributed by atoms with Crippen LogP contribution in [0.5, 0.6) is 0 Å². The first-order valence-electron chi connectivity index (χ1n) is 7.94. The molecule has 132 valence electrons. The van der Waals surface area contributed by atoms with Gasteiger partial charge in [0, 0.05) is 25.9 Å². The molecule has 24 heavy (non-hydrogen) atoms. The Labute approximate surface area is 139 Å². The average Bonchev–Trinajstić information content (AvgIpc) is 2.52. The third-order valence-corrected chi connectivity index (χ3v) is 4.16. The van der Waals surface area contributed by atoms with Gasteiger partial charge in [0.2, 0.25) is 11.8 Å². The van der Waals surface area contributed by atoms with Crippen molar-refractivity contribution in [3.05, 3.63) is 35.9 Å². The molecule has 1 heterocycles. The Balaban J connectivity index is 2.04. The number of hydrogen-bond donors (Lipinski definition) is 1. The van der Waals surface area contributed by atoms with E-state index in [1.807, 2.05) is 30.3 Å². The SMILES string of the molecule is CC(=O)N[C@@H]1CC[C@@H](C(F)(F)F)N(C(=O)CCc2ccccc2)C1. The van der Waals surface area contributed by atoms with Gasteiger partial charge in [-0.3, -0.25) is 9.59 Å². The van der Waals surface area contributed by atoms with Crippen molar-refractivity contribution in [2.45, 2.75) is 50.9 Å². The van der Waals surface area contributed by atoms with E-state index in [2.05, 4.69) is 5.32 Å². The third kappa shape index (κ3) is 4.97. The molecule has 0 aromatic heterocycles. The van der Waals surface area contributed by atoms with E-state index in [1.165, 1.54) is 6.92 Å². The van der Waals surface area contributed by atoms with Crippen LogP contribution in [0, 0.1) is 0 Å². The number of piperidine rings is 1. The number of aryl methyl sites for hydroxylation is 1. The van der Waals surface area contributed by atoms with Crippen LogP contribution in [0.4, 0.5) is 13.2 Å². The minimum atomic E-state index is -4.45. The third-order valence-electron chi connectivity index (χ3n) is 4.16. The molecule has 1 aromatic rings. The Kier molecular flexibility index (Phi) is 5.85. The van der Waals surface area contributed by atoms with Crippen molar-refractivity contribution in [1.82, 2.24) is 10.2 Å². The lowest BCUT2D eigenvalue weighted by Gasteiger charge is -2.40. The summed E-state index contributed by atoms with van der Waals surface area (Å²) in [6.45, 7) is 1.22. The first kappa shape index (κ1) is 18.3. The minimum Gasteiger partial charge on any atom is -0.352 e. The van der Waals surface area contributed by atoms with E-state index in [0.29, 0.717) is 6.42 Å². The molecule has 0 spiro atoms. The molecule has 0 aliphatic carbocycles. The van der Waals surface area contributed by atoms with Gasteiger partial charge in [0.15, 0.2) is 0 Å². The van der Waals surface area contributed by atoms with E-state index in [1.54, 1.807) is 0 Å². The van der Waals surface area contributed by atoms with E-state index in [-0.39, 0.29) is 31.7 Å². The Morgan fingerprint density at radius 3 is 2.46 bits per heavy atom. The van der Waals surface area contributed by atoms with Crippen LogP contribution in [0.15, 0.2) is 30.3 Å². The molecule has 4 nitrogen and oxygen atoms in total. The predicted octanol–water partition coefficient (Wildman–Crippen LogP) is 2.68. The normalized spacial score (nSPS) is 21.4. The maximum absolute atomic E-state index is 13.2. The average molecular weight is 342 g/mol. The molecule has 2 atom stereocenters. The molecule has 2 rings (SSSR count). The van der Waals surface area contributed by atoms with Crippen LogP contribution in [-0.4, -0.2) is 41.5 Å². The molecule has 0 bridgehead atoms. The molecule has 1 fully saturated rings. The summed E-state index contributed by atoms with van der Waals surface area (Å²) in [5, 5.41) is 2.61. The fourth-order valence-electron chi connectivity index (χ4n) is 3.03. The highest BCUT2D eigenvalue weighted by Crippen LogP contribution is 2.32. The second-order valence-electron chi connectivity index (χ2n) is 6.06. The number of rotatable bonds is 4. The first-order valence-corrected chi connectivity index (χ1v) is 7.94. The fourth-order valence-corrected chi connectivity index (χ4v) is 3.03. The monoisotopic (exact) mass is 342 g/mol. The van der Waals surface area contributed by atoms with Gasteiger partial charge in [0.05, 0.1) is 0 Å². The highest BCUT2D eigenvalue weighted by molar-refractivity contribution is 5.77. The van der Waals surface area contributed by atoms with E-state index < -0.39 is 24.2 Å². The van der Waals surface area contributed by atoms with Crippen molar-refractivity contribution in [3.8, 4) is 0 Å². The Bertz CT molecular complexity index is 575. The molecular formula is C17H21F3N2O2. The number of nitrogens with one attached hydrogen (secondary N) is 1. The lowest BCUT2D eigenvalue weighted by molar-refractivity contribution is -0.197. The van der Waals surface area contributed by atoms with E-state index in [4.69, 9.17) is 0 Å². The number of carbonyl (C=O) groups is 2. The predicted molar refractivity (Wildman–Crippen MR) is 83.2 cm³/mol. The van der Waals surface area contributed by atoms with Crippen molar-refractivity contribution >= 4 is 11.8 Å². The number of benzene rings is 1. The van der Waals surface area contributed by atoms with E-state index in [9.17, 15) is 22.8 Å². The van der Waals surface area contributed by atoms with Crippen LogP contribution < -0.4 is 5.32 Å². The Morgan fingerprint density at radius 1 is 1.21 bits per heavy atom. The summed E-state index contributed by atoms with van der Waals surface area (Å²) in [4.78, 5) is 24.4. The summed E-state index contributed by atoms with van der Waals surface area (Å²) in [5.41, 5.74) is 0.907. The van der Waals surface area contributed by atoms with Crippen molar-refractivity contribution in [2.75, 3.05) is 6.54 Å². The van der Waals surface area contributed by atoms with Crippen LogP contribution >= 0.6 is 0 Å². The van der Waals surface area contributed by atoms with Gasteiger partial charge >= 0.3 is 6.18 Å². The maximum Gasteiger partial charge on any atom is 0.408 e. The highest BCUT2D eigenvalue weighted by Gasteiger charge is 2.47. The molecule has 1 aliphatic heterocycles. The van der Waals surface area contributed by atoms with Crippen molar-refractivity contribution in [3.63, 3.8) is 0 Å². The zero-order valence-electron chi connectivity index (χ0n) is 13.5. The molecule has 1 aromatic carbocycles. The molecule has 0 saturated carbocycles. The number of likely N-dealkylation sites (tertiary alicyclic amines) is 1. The van der Waals surface area contributed by atoms with Gasteiger partial charge in [0.1, 0.15) is 6.04 Å². The largest absolute Gasteiger partial charge is 0.408 e. The standard InChI is InChI=1S/C17H21F3N2O2/c1-12(23)21-14-8-9-15(17(18,19)20)22(11-14)16(24)10-7-13-5-3-2-4-6-13/h2-6,14-15H,7-11H2,1H3,(H,21,23)/t14-,15+/m1/s1.